The van der Waals surface area contributed by atoms with Crippen molar-refractivity contribution in [1.29, 1.82) is 0 Å². The Balaban J connectivity index is 2.03. The molecule has 1 aliphatic heterocycles. The maximum Gasteiger partial charge on any atom is 0.410 e. The third-order valence-corrected chi connectivity index (χ3v) is 3.17. The lowest BCUT2D eigenvalue weighted by atomic mass is 10.0. The molecule has 2 rings (SSSR count). The van der Waals surface area contributed by atoms with Gasteiger partial charge in [0.2, 0.25) is 0 Å². The van der Waals surface area contributed by atoms with Gasteiger partial charge in [0, 0.05) is 32.0 Å². The molecule has 1 aromatic rings. The minimum absolute atomic E-state index is 0.114. The van der Waals surface area contributed by atoms with Gasteiger partial charge in [-0.05, 0) is 38.8 Å². The Labute approximate surface area is 120 Å². The van der Waals surface area contributed by atoms with Crippen molar-refractivity contribution >= 4 is 6.09 Å². The summed E-state index contributed by atoms with van der Waals surface area (Å²) < 4.78 is 5.49. The number of amides is 1. The van der Waals surface area contributed by atoms with Crippen LogP contribution in [0.1, 0.15) is 26.3 Å². The predicted molar refractivity (Wildman–Crippen MR) is 77.5 cm³/mol. The summed E-state index contributed by atoms with van der Waals surface area (Å²) in [6.45, 7) is 7.95. The number of carbonyl (C=O) groups is 1. The fourth-order valence-corrected chi connectivity index (χ4v) is 2.30. The first-order chi connectivity index (χ1) is 9.46. The van der Waals surface area contributed by atoms with Crippen LogP contribution in [0.2, 0.25) is 0 Å². The highest BCUT2D eigenvalue weighted by Gasteiger charge is 2.30. The molecule has 2 heterocycles. The first kappa shape index (κ1) is 14.8. The second kappa shape index (κ2) is 6.22. The first-order valence-corrected chi connectivity index (χ1v) is 7.05. The summed E-state index contributed by atoms with van der Waals surface area (Å²) in [4.78, 5) is 18.2. The molecule has 0 spiro atoms. The van der Waals surface area contributed by atoms with Gasteiger partial charge in [0.25, 0.3) is 0 Å². The summed E-state index contributed by atoms with van der Waals surface area (Å²) in [5, 5.41) is 3.33. The molecule has 0 saturated carbocycles. The van der Waals surface area contributed by atoms with Crippen LogP contribution in [0.4, 0.5) is 4.79 Å². The Morgan fingerprint density at radius 1 is 1.55 bits per heavy atom. The maximum atomic E-state index is 12.3. The molecular weight excluding hydrogens is 254 g/mol. The first-order valence-electron chi connectivity index (χ1n) is 7.05. The highest BCUT2D eigenvalue weighted by atomic mass is 16.6. The van der Waals surface area contributed by atoms with Crippen LogP contribution in [0.25, 0.3) is 0 Å². The van der Waals surface area contributed by atoms with Crippen molar-refractivity contribution in [1.82, 2.24) is 15.2 Å². The molecular formula is C15H23N3O2. The molecule has 0 bridgehead atoms. The normalized spacial score (nSPS) is 19.8. The van der Waals surface area contributed by atoms with Crippen LogP contribution in [0, 0.1) is 0 Å². The van der Waals surface area contributed by atoms with Crippen LogP contribution in [-0.2, 0) is 11.2 Å². The number of carbonyl (C=O) groups excluding carboxylic acids is 1. The van der Waals surface area contributed by atoms with Gasteiger partial charge in [-0.25, -0.2) is 4.79 Å². The fraction of sp³-hybridized carbons (Fsp3) is 0.600. The van der Waals surface area contributed by atoms with Crippen LogP contribution < -0.4 is 5.32 Å². The number of ether oxygens (including phenoxy) is 1. The lowest BCUT2D eigenvalue weighted by molar-refractivity contribution is 0.0122. The van der Waals surface area contributed by atoms with Crippen molar-refractivity contribution in [2.45, 2.75) is 38.8 Å². The number of piperazine rings is 1. The lowest BCUT2D eigenvalue weighted by Gasteiger charge is -2.37. The van der Waals surface area contributed by atoms with Crippen LogP contribution in [0.15, 0.2) is 24.5 Å². The molecule has 1 atom stereocenters. The highest BCUT2D eigenvalue weighted by Crippen LogP contribution is 2.15. The van der Waals surface area contributed by atoms with Gasteiger partial charge in [-0.15, -0.1) is 0 Å². The van der Waals surface area contributed by atoms with Crippen LogP contribution >= 0.6 is 0 Å². The average molecular weight is 277 g/mol. The van der Waals surface area contributed by atoms with Crippen molar-refractivity contribution in [3.63, 3.8) is 0 Å². The second-order valence-electron chi connectivity index (χ2n) is 6.10. The molecule has 0 aliphatic carbocycles. The zero-order valence-corrected chi connectivity index (χ0v) is 12.4. The molecule has 0 aromatic carbocycles. The number of aromatic nitrogens is 1. The third-order valence-electron chi connectivity index (χ3n) is 3.17. The molecule has 20 heavy (non-hydrogen) atoms. The molecule has 1 saturated heterocycles. The predicted octanol–water partition coefficient (Wildman–Crippen LogP) is 1.83. The second-order valence-corrected chi connectivity index (χ2v) is 6.10. The SMILES string of the molecule is CC(C)(C)OC(=O)N1CCNC[C@@H]1Cc1cccnc1. The fourth-order valence-electron chi connectivity index (χ4n) is 2.30. The van der Waals surface area contributed by atoms with Gasteiger partial charge in [0.15, 0.2) is 0 Å². The van der Waals surface area contributed by atoms with E-state index >= 15 is 0 Å². The average Bonchev–Trinajstić information content (AvgIpc) is 2.38. The Morgan fingerprint density at radius 2 is 2.35 bits per heavy atom. The standard InChI is InChI=1S/C15H23N3O2/c1-15(2,3)20-14(19)18-8-7-17-11-13(18)9-12-5-4-6-16-10-12/h4-6,10,13,17H,7-9,11H2,1-3H3/t13-/m0/s1. The quantitative estimate of drug-likeness (QED) is 0.896. The van der Waals surface area contributed by atoms with Crippen molar-refractivity contribution in [3.05, 3.63) is 30.1 Å². The number of hydrogen-bond acceptors (Lipinski definition) is 4. The van der Waals surface area contributed by atoms with Gasteiger partial charge < -0.3 is 15.0 Å². The Morgan fingerprint density at radius 3 is 3.00 bits per heavy atom. The highest BCUT2D eigenvalue weighted by molar-refractivity contribution is 5.68. The molecule has 0 unspecified atom stereocenters. The summed E-state index contributed by atoms with van der Waals surface area (Å²) in [5.74, 6) is 0. The van der Waals surface area contributed by atoms with Gasteiger partial charge in [0.05, 0.1) is 6.04 Å². The van der Waals surface area contributed by atoms with Crippen molar-refractivity contribution in [2.24, 2.45) is 0 Å². The van der Waals surface area contributed by atoms with Crippen molar-refractivity contribution in [3.8, 4) is 0 Å². The Hall–Kier alpha value is -1.62. The van der Waals surface area contributed by atoms with E-state index in [4.69, 9.17) is 4.74 Å². The van der Waals surface area contributed by atoms with Crippen LogP contribution in [0.5, 0.6) is 0 Å². The third kappa shape index (κ3) is 4.20. The number of pyridine rings is 1. The van der Waals surface area contributed by atoms with E-state index in [1.54, 1.807) is 6.20 Å². The summed E-state index contributed by atoms with van der Waals surface area (Å²) in [7, 11) is 0. The molecule has 1 aliphatic rings. The molecule has 0 radical (unpaired) electrons. The minimum atomic E-state index is -0.458. The summed E-state index contributed by atoms with van der Waals surface area (Å²) in [6, 6.07) is 4.07. The van der Waals surface area contributed by atoms with Crippen molar-refractivity contribution in [2.75, 3.05) is 19.6 Å². The zero-order chi connectivity index (χ0) is 14.6. The van der Waals surface area contributed by atoms with Gasteiger partial charge in [0.1, 0.15) is 5.60 Å². The van der Waals surface area contributed by atoms with E-state index in [9.17, 15) is 4.79 Å². The van der Waals surface area contributed by atoms with E-state index in [0.29, 0.717) is 6.54 Å². The van der Waals surface area contributed by atoms with E-state index in [2.05, 4.69) is 10.3 Å². The molecule has 1 amide bonds. The van der Waals surface area contributed by atoms with Crippen LogP contribution in [0.3, 0.4) is 0 Å². The van der Waals surface area contributed by atoms with Gasteiger partial charge in [-0.1, -0.05) is 6.07 Å². The lowest BCUT2D eigenvalue weighted by Crippen LogP contribution is -2.55. The minimum Gasteiger partial charge on any atom is -0.444 e. The number of hydrogen-bond donors (Lipinski definition) is 1. The maximum absolute atomic E-state index is 12.3. The number of rotatable bonds is 2. The zero-order valence-electron chi connectivity index (χ0n) is 12.4. The monoisotopic (exact) mass is 277 g/mol. The van der Waals surface area contributed by atoms with Gasteiger partial charge >= 0.3 is 6.09 Å². The van der Waals surface area contributed by atoms with E-state index < -0.39 is 5.60 Å². The molecule has 1 aromatic heterocycles. The van der Waals surface area contributed by atoms with Gasteiger partial charge in [-0.3, -0.25) is 4.98 Å². The largest absolute Gasteiger partial charge is 0.444 e. The number of nitrogens with one attached hydrogen (secondary N) is 1. The summed E-state index contributed by atoms with van der Waals surface area (Å²) in [6.07, 6.45) is 4.17. The van der Waals surface area contributed by atoms with Gasteiger partial charge in [-0.2, -0.15) is 0 Å². The molecule has 1 fully saturated rings. The van der Waals surface area contributed by atoms with E-state index in [-0.39, 0.29) is 12.1 Å². The van der Waals surface area contributed by atoms with E-state index in [1.807, 2.05) is 44.0 Å². The topological polar surface area (TPSA) is 54.5 Å². The van der Waals surface area contributed by atoms with E-state index in [0.717, 1.165) is 25.1 Å². The Kier molecular flexibility index (Phi) is 4.60. The summed E-state index contributed by atoms with van der Waals surface area (Å²) in [5.41, 5.74) is 0.677. The smallest absolute Gasteiger partial charge is 0.410 e. The molecule has 110 valence electrons. The Bertz CT molecular complexity index is 442. The summed E-state index contributed by atoms with van der Waals surface area (Å²) >= 11 is 0. The molecule has 5 nitrogen and oxygen atoms in total. The molecule has 5 heteroatoms. The van der Waals surface area contributed by atoms with E-state index in [1.165, 1.54) is 0 Å². The van der Waals surface area contributed by atoms with Crippen LogP contribution in [-0.4, -0.2) is 47.3 Å². The van der Waals surface area contributed by atoms with Crippen molar-refractivity contribution < 1.29 is 9.53 Å². The molecule has 1 N–H and O–H groups in total. The number of nitrogens with zero attached hydrogens (tertiary/aromatic N) is 2.